The second-order valence-corrected chi connectivity index (χ2v) is 7.18. The zero-order valence-corrected chi connectivity index (χ0v) is 12.8. The van der Waals surface area contributed by atoms with E-state index in [1.165, 1.54) is 25.2 Å². The fourth-order valence-electron chi connectivity index (χ4n) is 2.34. The van der Waals surface area contributed by atoms with E-state index in [0.29, 0.717) is 5.69 Å². The van der Waals surface area contributed by atoms with Gasteiger partial charge in [0.2, 0.25) is 10.0 Å². The van der Waals surface area contributed by atoms with Crippen LogP contribution in [0.3, 0.4) is 0 Å². The predicted octanol–water partition coefficient (Wildman–Crippen LogP) is 2.31. The molecule has 0 bridgehead atoms. The summed E-state index contributed by atoms with van der Waals surface area (Å²) in [7, 11) is -2.06. The van der Waals surface area contributed by atoms with E-state index in [1.807, 2.05) is 0 Å². The summed E-state index contributed by atoms with van der Waals surface area (Å²) in [5.74, 6) is 0.240. The Labute approximate surface area is 123 Å². The Bertz CT molecular complexity index is 638. The standard InChI is InChI=1S/C13H18N2O5S/c1-14(21(2,18)19)12-8-7-10(15(16)17)9-13(12)20-11-5-3-4-6-11/h7-9,11H,3-6H2,1-2H3. The smallest absolute Gasteiger partial charge is 0.273 e. The van der Waals surface area contributed by atoms with Crippen molar-refractivity contribution in [2.24, 2.45) is 0 Å². The van der Waals surface area contributed by atoms with E-state index < -0.39 is 14.9 Å². The van der Waals surface area contributed by atoms with Crippen LogP contribution in [0.5, 0.6) is 5.75 Å². The van der Waals surface area contributed by atoms with Crippen LogP contribution in [0, 0.1) is 10.1 Å². The summed E-state index contributed by atoms with van der Waals surface area (Å²) >= 11 is 0. The van der Waals surface area contributed by atoms with E-state index in [9.17, 15) is 18.5 Å². The third-order valence-electron chi connectivity index (χ3n) is 3.59. The molecule has 116 valence electrons. The van der Waals surface area contributed by atoms with Gasteiger partial charge in [-0.3, -0.25) is 14.4 Å². The first-order valence-corrected chi connectivity index (χ1v) is 8.53. The van der Waals surface area contributed by atoms with Gasteiger partial charge in [0.15, 0.2) is 5.75 Å². The van der Waals surface area contributed by atoms with Gasteiger partial charge < -0.3 is 4.74 Å². The van der Waals surface area contributed by atoms with Crippen molar-refractivity contribution in [1.29, 1.82) is 0 Å². The Morgan fingerprint density at radius 1 is 1.33 bits per heavy atom. The molecule has 1 aliphatic rings. The molecule has 21 heavy (non-hydrogen) atoms. The topological polar surface area (TPSA) is 89.8 Å². The number of rotatable bonds is 5. The molecular weight excluding hydrogens is 296 g/mol. The van der Waals surface area contributed by atoms with E-state index in [1.54, 1.807) is 0 Å². The van der Waals surface area contributed by atoms with Gasteiger partial charge in [-0.1, -0.05) is 0 Å². The first kappa shape index (κ1) is 15.6. The lowest BCUT2D eigenvalue weighted by Crippen LogP contribution is -2.26. The first-order chi connectivity index (χ1) is 9.79. The fraction of sp³-hybridized carbons (Fsp3) is 0.538. The summed E-state index contributed by atoms with van der Waals surface area (Å²) in [4.78, 5) is 10.4. The molecule has 1 saturated carbocycles. The van der Waals surface area contributed by atoms with Crippen molar-refractivity contribution >= 4 is 21.4 Å². The number of nitrogens with zero attached hydrogens (tertiary/aromatic N) is 2. The molecule has 0 radical (unpaired) electrons. The Balaban J connectivity index is 2.40. The van der Waals surface area contributed by atoms with Crippen LogP contribution in [-0.4, -0.2) is 32.7 Å². The second kappa shape index (κ2) is 5.88. The summed E-state index contributed by atoms with van der Waals surface area (Å²) in [6.45, 7) is 0. The van der Waals surface area contributed by atoms with Gasteiger partial charge in [-0.25, -0.2) is 8.42 Å². The SMILES string of the molecule is CN(c1ccc([N+](=O)[O-])cc1OC1CCCC1)S(C)(=O)=O. The molecule has 7 nitrogen and oxygen atoms in total. The lowest BCUT2D eigenvalue weighted by molar-refractivity contribution is -0.384. The maximum atomic E-state index is 11.7. The molecule has 0 aromatic heterocycles. The molecule has 8 heteroatoms. The lowest BCUT2D eigenvalue weighted by atomic mass is 10.2. The highest BCUT2D eigenvalue weighted by atomic mass is 32.2. The van der Waals surface area contributed by atoms with Crippen molar-refractivity contribution in [3.8, 4) is 5.75 Å². The maximum Gasteiger partial charge on any atom is 0.273 e. The molecule has 1 aliphatic carbocycles. The van der Waals surface area contributed by atoms with Gasteiger partial charge in [0.25, 0.3) is 5.69 Å². The largest absolute Gasteiger partial charge is 0.488 e. The van der Waals surface area contributed by atoms with Crippen molar-refractivity contribution in [2.75, 3.05) is 17.6 Å². The highest BCUT2D eigenvalue weighted by Gasteiger charge is 2.23. The zero-order valence-electron chi connectivity index (χ0n) is 12.0. The van der Waals surface area contributed by atoms with Crippen molar-refractivity contribution in [1.82, 2.24) is 0 Å². The summed E-state index contributed by atoms with van der Waals surface area (Å²) in [5, 5.41) is 10.9. The molecule has 0 spiro atoms. The number of nitro groups is 1. The maximum absolute atomic E-state index is 11.7. The van der Waals surface area contributed by atoms with Crippen molar-refractivity contribution < 1.29 is 18.1 Å². The van der Waals surface area contributed by atoms with Crippen LogP contribution in [0.2, 0.25) is 0 Å². The third kappa shape index (κ3) is 3.63. The van der Waals surface area contributed by atoms with Crippen molar-refractivity contribution in [3.63, 3.8) is 0 Å². The van der Waals surface area contributed by atoms with Crippen LogP contribution >= 0.6 is 0 Å². The minimum Gasteiger partial charge on any atom is -0.488 e. The summed E-state index contributed by atoms with van der Waals surface area (Å²) in [6, 6.07) is 3.97. The van der Waals surface area contributed by atoms with Crippen molar-refractivity contribution in [2.45, 2.75) is 31.8 Å². The van der Waals surface area contributed by atoms with Crippen LogP contribution in [0.25, 0.3) is 0 Å². The van der Waals surface area contributed by atoms with E-state index in [2.05, 4.69) is 0 Å². The van der Waals surface area contributed by atoms with Gasteiger partial charge in [-0.05, 0) is 31.7 Å². The van der Waals surface area contributed by atoms with E-state index >= 15 is 0 Å². The summed E-state index contributed by atoms with van der Waals surface area (Å²) < 4.78 is 30.2. The molecule has 0 N–H and O–H groups in total. The minimum absolute atomic E-state index is 0.0151. The Morgan fingerprint density at radius 2 is 1.95 bits per heavy atom. The van der Waals surface area contributed by atoms with E-state index in [4.69, 9.17) is 4.74 Å². The quantitative estimate of drug-likeness (QED) is 0.614. The molecule has 1 fully saturated rings. The predicted molar refractivity (Wildman–Crippen MR) is 79.2 cm³/mol. The van der Waals surface area contributed by atoms with Gasteiger partial charge in [0.05, 0.1) is 29.0 Å². The number of sulfonamides is 1. The van der Waals surface area contributed by atoms with E-state index in [0.717, 1.165) is 36.2 Å². The zero-order chi connectivity index (χ0) is 15.6. The molecule has 1 aromatic carbocycles. The number of anilines is 1. The summed E-state index contributed by atoms with van der Waals surface area (Å²) in [6.07, 6.45) is 4.93. The lowest BCUT2D eigenvalue weighted by Gasteiger charge is -2.22. The molecule has 0 unspecified atom stereocenters. The molecule has 1 aromatic rings. The van der Waals surface area contributed by atoms with E-state index in [-0.39, 0.29) is 17.5 Å². The number of nitro benzene ring substituents is 1. The van der Waals surface area contributed by atoms with Crippen molar-refractivity contribution in [3.05, 3.63) is 28.3 Å². The van der Waals surface area contributed by atoms with Crippen LogP contribution in [-0.2, 0) is 10.0 Å². The first-order valence-electron chi connectivity index (χ1n) is 6.68. The Morgan fingerprint density at radius 3 is 2.48 bits per heavy atom. The fourth-order valence-corrected chi connectivity index (χ4v) is 2.84. The second-order valence-electron chi connectivity index (χ2n) is 5.16. The summed E-state index contributed by atoms with van der Waals surface area (Å²) in [5.41, 5.74) is 0.198. The molecule has 0 aliphatic heterocycles. The minimum atomic E-state index is -3.46. The van der Waals surface area contributed by atoms with Crippen LogP contribution in [0.1, 0.15) is 25.7 Å². The van der Waals surface area contributed by atoms with Crippen LogP contribution in [0.15, 0.2) is 18.2 Å². The van der Waals surface area contributed by atoms with Gasteiger partial charge in [-0.2, -0.15) is 0 Å². The number of hydrogen-bond donors (Lipinski definition) is 0. The molecule has 2 rings (SSSR count). The Kier molecular flexibility index (Phi) is 4.36. The average molecular weight is 314 g/mol. The highest BCUT2D eigenvalue weighted by molar-refractivity contribution is 7.92. The molecule has 0 saturated heterocycles. The normalized spacial score (nSPS) is 15.9. The molecule has 0 heterocycles. The van der Waals surface area contributed by atoms with Gasteiger partial charge in [0.1, 0.15) is 0 Å². The number of non-ortho nitro benzene ring substituents is 1. The van der Waals surface area contributed by atoms with Gasteiger partial charge >= 0.3 is 0 Å². The van der Waals surface area contributed by atoms with Gasteiger partial charge in [-0.15, -0.1) is 0 Å². The number of hydrogen-bond acceptors (Lipinski definition) is 5. The highest BCUT2D eigenvalue weighted by Crippen LogP contribution is 2.35. The monoisotopic (exact) mass is 314 g/mol. The van der Waals surface area contributed by atoms with Crippen LogP contribution < -0.4 is 9.04 Å². The third-order valence-corrected chi connectivity index (χ3v) is 4.78. The average Bonchev–Trinajstić information content (AvgIpc) is 2.89. The molecule has 0 amide bonds. The Hall–Kier alpha value is -1.83. The molecular formula is C13H18N2O5S. The van der Waals surface area contributed by atoms with Gasteiger partial charge in [0, 0.05) is 13.1 Å². The number of ether oxygens (including phenoxy) is 1. The number of benzene rings is 1. The molecule has 0 atom stereocenters. The van der Waals surface area contributed by atoms with Crippen LogP contribution in [0.4, 0.5) is 11.4 Å².